The molecule has 0 unspecified atom stereocenters. The van der Waals surface area contributed by atoms with Gasteiger partial charge in [-0.25, -0.2) is 0 Å². The minimum atomic E-state index is 0.549. The van der Waals surface area contributed by atoms with Crippen LogP contribution < -0.4 is 5.73 Å². The molecular formula is C10H11Cl2NS2. The Kier molecular flexibility index (Phi) is 5.75. The lowest BCUT2D eigenvalue weighted by atomic mass is 10.2. The van der Waals surface area contributed by atoms with Gasteiger partial charge in [-0.2, -0.15) is 11.8 Å². The molecule has 0 fully saturated rings. The quantitative estimate of drug-likeness (QED) is 0.654. The molecule has 2 N–H and O–H groups in total. The summed E-state index contributed by atoms with van der Waals surface area (Å²) in [5.41, 5.74) is 6.38. The second-order valence-corrected chi connectivity index (χ2v) is 5.41. The van der Waals surface area contributed by atoms with Crippen molar-refractivity contribution in [1.29, 1.82) is 0 Å². The first-order valence-electron chi connectivity index (χ1n) is 4.40. The Hall–Kier alpha value is 0.0400. The van der Waals surface area contributed by atoms with E-state index >= 15 is 0 Å². The van der Waals surface area contributed by atoms with E-state index in [0.29, 0.717) is 15.0 Å². The summed E-state index contributed by atoms with van der Waals surface area (Å²) in [6.45, 7) is 0. The fourth-order valence-electron chi connectivity index (χ4n) is 1.02. The molecule has 1 nitrogen and oxygen atoms in total. The molecule has 0 atom stereocenters. The fourth-order valence-corrected chi connectivity index (χ4v) is 2.96. The number of hydrogen-bond donors (Lipinski definition) is 1. The third-order valence-electron chi connectivity index (χ3n) is 1.80. The summed E-state index contributed by atoms with van der Waals surface area (Å²) in [4.78, 5) is 0.549. The Bertz CT molecular complexity index is 335. The molecule has 0 saturated heterocycles. The molecular weight excluding hydrogens is 269 g/mol. The Labute approximate surface area is 109 Å². The minimum Gasteiger partial charge on any atom is -0.393 e. The Morgan fingerprint density at radius 2 is 1.93 bits per heavy atom. The Balaban J connectivity index is 2.47. The molecule has 0 amide bonds. The van der Waals surface area contributed by atoms with Gasteiger partial charge in [-0.05, 0) is 23.4 Å². The zero-order valence-electron chi connectivity index (χ0n) is 8.00. The smallest absolute Gasteiger partial charge is 0.0735 e. The molecule has 0 aliphatic carbocycles. The van der Waals surface area contributed by atoms with E-state index in [4.69, 9.17) is 41.2 Å². The van der Waals surface area contributed by atoms with Crippen LogP contribution in [-0.2, 0) is 5.75 Å². The van der Waals surface area contributed by atoms with Crippen molar-refractivity contribution >= 4 is 52.2 Å². The van der Waals surface area contributed by atoms with Crippen molar-refractivity contribution in [2.45, 2.75) is 12.2 Å². The first kappa shape index (κ1) is 13.1. The third kappa shape index (κ3) is 4.60. The topological polar surface area (TPSA) is 26.0 Å². The van der Waals surface area contributed by atoms with Gasteiger partial charge >= 0.3 is 0 Å². The van der Waals surface area contributed by atoms with E-state index in [9.17, 15) is 0 Å². The van der Waals surface area contributed by atoms with Crippen molar-refractivity contribution in [3.63, 3.8) is 0 Å². The van der Waals surface area contributed by atoms with Gasteiger partial charge in [-0.1, -0.05) is 41.5 Å². The van der Waals surface area contributed by atoms with E-state index in [1.165, 1.54) is 0 Å². The van der Waals surface area contributed by atoms with E-state index in [1.54, 1.807) is 11.8 Å². The van der Waals surface area contributed by atoms with Crippen molar-refractivity contribution in [1.82, 2.24) is 0 Å². The van der Waals surface area contributed by atoms with Crippen molar-refractivity contribution < 1.29 is 0 Å². The average molecular weight is 280 g/mol. The highest BCUT2D eigenvalue weighted by atomic mass is 35.5. The van der Waals surface area contributed by atoms with E-state index in [2.05, 4.69) is 0 Å². The third-order valence-corrected chi connectivity index (χ3v) is 3.70. The Morgan fingerprint density at radius 1 is 1.33 bits per heavy atom. The van der Waals surface area contributed by atoms with E-state index in [-0.39, 0.29) is 0 Å². The number of rotatable bonds is 5. The summed E-state index contributed by atoms with van der Waals surface area (Å²) >= 11 is 18.6. The number of hydrogen-bond acceptors (Lipinski definition) is 2. The molecule has 5 heteroatoms. The molecule has 0 radical (unpaired) electrons. The van der Waals surface area contributed by atoms with Crippen LogP contribution in [0.25, 0.3) is 0 Å². The zero-order chi connectivity index (χ0) is 11.3. The normalized spacial score (nSPS) is 10.3. The van der Waals surface area contributed by atoms with Crippen LogP contribution in [0, 0.1) is 0 Å². The lowest BCUT2D eigenvalue weighted by Gasteiger charge is -2.06. The number of thiocarbonyl (C=S) groups is 1. The second-order valence-electron chi connectivity index (χ2n) is 2.97. The van der Waals surface area contributed by atoms with Gasteiger partial charge in [0.1, 0.15) is 0 Å². The maximum atomic E-state index is 6.02. The van der Waals surface area contributed by atoms with Crippen LogP contribution in [0.2, 0.25) is 10.0 Å². The van der Waals surface area contributed by atoms with Gasteiger partial charge in [-0.15, -0.1) is 0 Å². The second kappa shape index (κ2) is 6.59. The SMILES string of the molecule is NC(=S)CCSCc1c(Cl)cccc1Cl. The molecule has 0 bridgehead atoms. The molecule has 0 aromatic heterocycles. The van der Waals surface area contributed by atoms with Crippen LogP contribution in [0.3, 0.4) is 0 Å². The predicted octanol–water partition coefficient (Wildman–Crippen LogP) is 3.90. The maximum Gasteiger partial charge on any atom is 0.0735 e. The molecule has 0 aliphatic heterocycles. The highest BCUT2D eigenvalue weighted by Crippen LogP contribution is 2.28. The zero-order valence-corrected chi connectivity index (χ0v) is 11.1. The standard InChI is InChI=1S/C10H11Cl2NS2/c11-8-2-1-3-9(12)7(8)6-15-5-4-10(13)14/h1-3H,4-6H2,(H2,13,14). The van der Waals surface area contributed by atoms with Gasteiger partial charge in [0.15, 0.2) is 0 Å². The summed E-state index contributed by atoms with van der Waals surface area (Å²) in [5.74, 6) is 1.69. The van der Waals surface area contributed by atoms with Gasteiger partial charge in [-0.3, -0.25) is 0 Å². The van der Waals surface area contributed by atoms with Crippen molar-refractivity contribution in [3.05, 3.63) is 33.8 Å². The van der Waals surface area contributed by atoms with Gasteiger partial charge in [0, 0.05) is 22.2 Å². The summed E-state index contributed by atoms with van der Waals surface area (Å²) in [5, 5.41) is 1.43. The molecule has 0 heterocycles. The largest absolute Gasteiger partial charge is 0.393 e. The van der Waals surface area contributed by atoms with Gasteiger partial charge in [0.05, 0.1) is 4.99 Å². The van der Waals surface area contributed by atoms with Crippen LogP contribution in [0.1, 0.15) is 12.0 Å². The molecule has 82 valence electrons. The lowest BCUT2D eigenvalue weighted by Crippen LogP contribution is -2.08. The molecule has 0 saturated carbocycles. The Morgan fingerprint density at radius 3 is 2.47 bits per heavy atom. The average Bonchev–Trinajstić information content (AvgIpc) is 2.15. The highest BCUT2D eigenvalue weighted by molar-refractivity contribution is 7.98. The summed E-state index contributed by atoms with van der Waals surface area (Å²) < 4.78 is 0. The molecule has 0 spiro atoms. The van der Waals surface area contributed by atoms with E-state index in [0.717, 1.165) is 23.5 Å². The van der Waals surface area contributed by atoms with E-state index in [1.807, 2.05) is 18.2 Å². The van der Waals surface area contributed by atoms with Crippen molar-refractivity contribution in [3.8, 4) is 0 Å². The van der Waals surface area contributed by atoms with Crippen LogP contribution in [0.4, 0.5) is 0 Å². The summed E-state index contributed by atoms with van der Waals surface area (Å²) in [7, 11) is 0. The molecule has 15 heavy (non-hydrogen) atoms. The number of nitrogens with two attached hydrogens (primary N) is 1. The summed E-state index contributed by atoms with van der Waals surface area (Å²) in [6.07, 6.45) is 0.752. The van der Waals surface area contributed by atoms with Crippen LogP contribution in [-0.4, -0.2) is 10.7 Å². The predicted molar refractivity (Wildman–Crippen MR) is 74.0 cm³/mol. The molecule has 1 aromatic carbocycles. The first-order valence-corrected chi connectivity index (χ1v) is 6.72. The van der Waals surface area contributed by atoms with Crippen LogP contribution in [0.5, 0.6) is 0 Å². The van der Waals surface area contributed by atoms with Crippen LogP contribution >= 0.6 is 47.2 Å². The van der Waals surface area contributed by atoms with E-state index < -0.39 is 0 Å². The van der Waals surface area contributed by atoms with Crippen molar-refractivity contribution in [2.75, 3.05) is 5.75 Å². The van der Waals surface area contributed by atoms with Gasteiger partial charge < -0.3 is 5.73 Å². The number of halogens is 2. The van der Waals surface area contributed by atoms with Crippen molar-refractivity contribution in [2.24, 2.45) is 5.73 Å². The number of benzene rings is 1. The van der Waals surface area contributed by atoms with Gasteiger partial charge in [0.2, 0.25) is 0 Å². The fraction of sp³-hybridized carbons (Fsp3) is 0.300. The summed E-state index contributed by atoms with van der Waals surface area (Å²) in [6, 6.07) is 5.53. The monoisotopic (exact) mass is 279 g/mol. The highest BCUT2D eigenvalue weighted by Gasteiger charge is 2.04. The molecule has 0 aliphatic rings. The lowest BCUT2D eigenvalue weighted by molar-refractivity contribution is 1.30. The first-order chi connectivity index (χ1) is 7.11. The maximum absolute atomic E-state index is 6.02. The molecule has 1 rings (SSSR count). The number of thioether (sulfide) groups is 1. The van der Waals surface area contributed by atoms with Crippen LogP contribution in [0.15, 0.2) is 18.2 Å². The molecule has 1 aromatic rings. The minimum absolute atomic E-state index is 0.549. The van der Waals surface area contributed by atoms with Gasteiger partial charge in [0.25, 0.3) is 0 Å².